The molecule has 6 nitrogen and oxygen atoms in total. The summed E-state index contributed by atoms with van der Waals surface area (Å²) in [6.45, 7) is 10.6. The minimum absolute atomic E-state index is 0.00614. The van der Waals surface area contributed by atoms with Crippen LogP contribution in [0.25, 0.3) is 6.08 Å². The average Bonchev–Trinajstić information content (AvgIpc) is 2.78. The van der Waals surface area contributed by atoms with Gasteiger partial charge >= 0.3 is 0 Å². The van der Waals surface area contributed by atoms with E-state index in [1.165, 1.54) is 17.2 Å². The standard InChI is InChI=1S/C27H32N2O4/c1-6-32-21(5)33-25-15-13-22(14-16-25)9-7-12-26-20(4)28-19(3)18(2)27(26)23-10-8-11-24(17-23)29(30)31/h7-11,13-17,21,27-28H,6,12H2,1-5H3. The summed E-state index contributed by atoms with van der Waals surface area (Å²) in [7, 11) is 0. The first-order valence-corrected chi connectivity index (χ1v) is 11.2. The summed E-state index contributed by atoms with van der Waals surface area (Å²) in [5.41, 5.74) is 6.69. The Morgan fingerprint density at radius 3 is 2.52 bits per heavy atom. The van der Waals surface area contributed by atoms with E-state index in [9.17, 15) is 10.1 Å². The first-order valence-electron chi connectivity index (χ1n) is 11.2. The van der Waals surface area contributed by atoms with Crippen molar-refractivity contribution in [1.29, 1.82) is 0 Å². The summed E-state index contributed by atoms with van der Waals surface area (Å²) in [6.07, 6.45) is 4.67. The highest BCUT2D eigenvalue weighted by Crippen LogP contribution is 2.40. The van der Waals surface area contributed by atoms with Crippen LogP contribution in [0, 0.1) is 10.1 Å². The second-order valence-electron chi connectivity index (χ2n) is 8.18. The molecule has 0 fully saturated rings. The van der Waals surface area contributed by atoms with Gasteiger partial charge in [-0.05, 0) is 75.4 Å². The van der Waals surface area contributed by atoms with Gasteiger partial charge in [0.1, 0.15) is 5.75 Å². The Morgan fingerprint density at radius 1 is 1.12 bits per heavy atom. The first kappa shape index (κ1) is 24.3. The van der Waals surface area contributed by atoms with Gasteiger partial charge in [0.25, 0.3) is 5.69 Å². The molecule has 0 aliphatic carbocycles. The third kappa shape index (κ3) is 6.11. The molecule has 0 aromatic heterocycles. The third-order valence-corrected chi connectivity index (χ3v) is 5.88. The van der Waals surface area contributed by atoms with E-state index in [2.05, 4.69) is 31.3 Å². The van der Waals surface area contributed by atoms with Crippen molar-refractivity contribution in [3.8, 4) is 5.75 Å². The van der Waals surface area contributed by atoms with E-state index in [1.807, 2.05) is 51.1 Å². The predicted molar refractivity (Wildman–Crippen MR) is 132 cm³/mol. The van der Waals surface area contributed by atoms with Crippen molar-refractivity contribution in [3.63, 3.8) is 0 Å². The molecule has 0 spiro atoms. The smallest absolute Gasteiger partial charge is 0.269 e. The predicted octanol–water partition coefficient (Wildman–Crippen LogP) is 6.71. The summed E-state index contributed by atoms with van der Waals surface area (Å²) in [5, 5.41) is 14.8. The summed E-state index contributed by atoms with van der Waals surface area (Å²) in [5.74, 6) is 0.775. The van der Waals surface area contributed by atoms with Crippen molar-refractivity contribution in [2.24, 2.45) is 0 Å². The van der Waals surface area contributed by atoms with E-state index in [-0.39, 0.29) is 22.8 Å². The Balaban J connectivity index is 1.78. The molecule has 0 amide bonds. The summed E-state index contributed by atoms with van der Waals surface area (Å²) in [4.78, 5) is 11.0. The minimum Gasteiger partial charge on any atom is -0.465 e. The highest BCUT2D eigenvalue weighted by Gasteiger charge is 2.26. The van der Waals surface area contributed by atoms with E-state index >= 15 is 0 Å². The quantitative estimate of drug-likeness (QED) is 0.262. The zero-order valence-corrected chi connectivity index (χ0v) is 19.9. The number of hydrogen-bond donors (Lipinski definition) is 1. The van der Waals surface area contributed by atoms with E-state index < -0.39 is 0 Å². The molecule has 1 aliphatic heterocycles. The van der Waals surface area contributed by atoms with Gasteiger partial charge in [-0.2, -0.15) is 0 Å². The molecule has 2 atom stereocenters. The maximum Gasteiger partial charge on any atom is 0.269 e. The molecule has 0 saturated heterocycles. The fourth-order valence-corrected chi connectivity index (χ4v) is 4.13. The highest BCUT2D eigenvalue weighted by atomic mass is 16.7. The van der Waals surface area contributed by atoms with Gasteiger partial charge in [-0.15, -0.1) is 0 Å². The number of nitrogens with zero attached hydrogens (tertiary/aromatic N) is 1. The maximum absolute atomic E-state index is 11.3. The number of benzene rings is 2. The molecule has 6 heteroatoms. The number of dihydropyridines is 1. The Kier molecular flexibility index (Phi) is 8.06. The molecule has 0 saturated carbocycles. The number of nitro benzene ring substituents is 1. The Hall–Kier alpha value is -3.38. The lowest BCUT2D eigenvalue weighted by atomic mass is 9.80. The number of rotatable bonds is 9. The summed E-state index contributed by atoms with van der Waals surface area (Å²) >= 11 is 0. The molecule has 0 radical (unpaired) electrons. The number of ether oxygens (including phenoxy) is 2. The normalized spacial score (nSPS) is 17.3. The molecule has 2 unspecified atom stereocenters. The molecule has 174 valence electrons. The van der Waals surface area contributed by atoms with Crippen molar-refractivity contribution in [2.45, 2.75) is 53.2 Å². The zero-order chi connectivity index (χ0) is 24.0. The number of nitrogens with one attached hydrogen (secondary N) is 1. The van der Waals surface area contributed by atoms with Gasteiger partial charge < -0.3 is 14.8 Å². The van der Waals surface area contributed by atoms with Gasteiger partial charge in [0.15, 0.2) is 6.29 Å². The Labute approximate surface area is 195 Å². The lowest BCUT2D eigenvalue weighted by molar-refractivity contribution is -0.384. The van der Waals surface area contributed by atoms with Crippen LogP contribution in [0.4, 0.5) is 5.69 Å². The number of nitro groups is 1. The number of hydrogen-bond acceptors (Lipinski definition) is 5. The van der Waals surface area contributed by atoms with Crippen molar-refractivity contribution >= 4 is 11.8 Å². The second kappa shape index (κ2) is 11.0. The van der Waals surface area contributed by atoms with Crippen molar-refractivity contribution in [3.05, 3.63) is 98.4 Å². The van der Waals surface area contributed by atoms with E-state index in [0.717, 1.165) is 34.7 Å². The van der Waals surface area contributed by atoms with Crippen LogP contribution in [0.15, 0.2) is 77.1 Å². The third-order valence-electron chi connectivity index (χ3n) is 5.88. The molecule has 1 aliphatic rings. The van der Waals surface area contributed by atoms with Crippen molar-refractivity contribution < 1.29 is 14.4 Å². The first-order chi connectivity index (χ1) is 15.8. The fourth-order valence-electron chi connectivity index (χ4n) is 4.13. The summed E-state index contributed by atoms with van der Waals surface area (Å²) < 4.78 is 11.1. The molecule has 1 N–H and O–H groups in total. The molecule has 3 rings (SSSR count). The maximum atomic E-state index is 11.3. The fraction of sp³-hybridized carbons (Fsp3) is 0.333. The van der Waals surface area contributed by atoms with Crippen LogP contribution in [0.2, 0.25) is 0 Å². The lowest BCUT2D eigenvalue weighted by Gasteiger charge is -2.31. The van der Waals surface area contributed by atoms with Crippen molar-refractivity contribution in [1.82, 2.24) is 5.32 Å². The van der Waals surface area contributed by atoms with Gasteiger partial charge in [-0.1, -0.05) is 36.4 Å². The van der Waals surface area contributed by atoms with Gasteiger partial charge in [0.2, 0.25) is 0 Å². The van der Waals surface area contributed by atoms with Crippen LogP contribution in [0.1, 0.15) is 58.1 Å². The molecular weight excluding hydrogens is 416 g/mol. The van der Waals surface area contributed by atoms with Crippen LogP contribution in [-0.4, -0.2) is 17.8 Å². The Bertz CT molecular complexity index is 1080. The molecule has 0 bridgehead atoms. The van der Waals surface area contributed by atoms with Crippen LogP contribution in [-0.2, 0) is 4.74 Å². The van der Waals surface area contributed by atoms with Crippen LogP contribution in [0.5, 0.6) is 5.75 Å². The number of allylic oxidation sites excluding steroid dienone is 5. The topological polar surface area (TPSA) is 73.6 Å². The van der Waals surface area contributed by atoms with Gasteiger partial charge in [-0.3, -0.25) is 10.1 Å². The van der Waals surface area contributed by atoms with Crippen LogP contribution in [0.3, 0.4) is 0 Å². The van der Waals surface area contributed by atoms with E-state index in [1.54, 1.807) is 12.1 Å². The van der Waals surface area contributed by atoms with E-state index in [4.69, 9.17) is 9.47 Å². The monoisotopic (exact) mass is 448 g/mol. The highest BCUT2D eigenvalue weighted by molar-refractivity contribution is 5.53. The van der Waals surface area contributed by atoms with E-state index in [0.29, 0.717) is 6.61 Å². The number of non-ortho nitro benzene ring substituents is 1. The minimum atomic E-state index is -0.338. The molecular formula is C27H32N2O4. The van der Waals surface area contributed by atoms with Crippen molar-refractivity contribution in [2.75, 3.05) is 6.61 Å². The van der Waals surface area contributed by atoms with Gasteiger partial charge in [-0.25, -0.2) is 0 Å². The lowest BCUT2D eigenvalue weighted by Crippen LogP contribution is -2.23. The van der Waals surface area contributed by atoms with Gasteiger partial charge in [0.05, 0.1) is 4.92 Å². The average molecular weight is 449 g/mol. The molecule has 33 heavy (non-hydrogen) atoms. The second-order valence-corrected chi connectivity index (χ2v) is 8.18. The largest absolute Gasteiger partial charge is 0.465 e. The van der Waals surface area contributed by atoms with Gasteiger partial charge in [0, 0.05) is 36.1 Å². The molecule has 2 aromatic rings. The molecule has 2 aromatic carbocycles. The van der Waals surface area contributed by atoms with Crippen LogP contribution < -0.4 is 10.1 Å². The zero-order valence-electron chi connectivity index (χ0n) is 19.9. The molecule has 1 heterocycles. The summed E-state index contributed by atoms with van der Waals surface area (Å²) in [6, 6.07) is 14.8. The Morgan fingerprint density at radius 2 is 1.85 bits per heavy atom. The SMILES string of the molecule is CCOC(C)Oc1ccc(C=CCC2=C(C)NC(C)=C(C)C2c2cccc([N+](=O)[O-])c2)cc1. The van der Waals surface area contributed by atoms with Crippen LogP contribution >= 0.6 is 0 Å².